The Morgan fingerprint density at radius 2 is 2.10 bits per heavy atom. The molecule has 1 aromatic carbocycles. The third-order valence-electron chi connectivity index (χ3n) is 3.98. The molecular formula is C17H25NO3. The molecule has 0 unspecified atom stereocenters. The van der Waals surface area contributed by atoms with Gasteiger partial charge >= 0.3 is 0 Å². The lowest BCUT2D eigenvalue weighted by molar-refractivity contribution is -0.125. The monoisotopic (exact) mass is 291 g/mol. The molecule has 4 heteroatoms. The molecule has 116 valence electrons. The standard InChI is InChI=1S/C17H25NO3/c1-2-21-16-9-14(10-16)11-17(20)18-15(12-19)8-13-6-4-3-5-7-13/h3-7,14-16,19H,2,8-12H2,1H3,(H,18,20)/t14?,15-,16?/m1/s1. The van der Waals surface area contributed by atoms with Gasteiger partial charge in [0.25, 0.3) is 0 Å². The van der Waals surface area contributed by atoms with Crippen molar-refractivity contribution in [1.82, 2.24) is 5.32 Å². The van der Waals surface area contributed by atoms with Crippen molar-refractivity contribution < 1.29 is 14.6 Å². The van der Waals surface area contributed by atoms with Gasteiger partial charge in [0.1, 0.15) is 0 Å². The smallest absolute Gasteiger partial charge is 0.220 e. The first kappa shape index (κ1) is 16.0. The molecular weight excluding hydrogens is 266 g/mol. The number of hydrogen-bond donors (Lipinski definition) is 2. The van der Waals surface area contributed by atoms with Crippen molar-refractivity contribution in [3.05, 3.63) is 35.9 Å². The van der Waals surface area contributed by atoms with Crippen molar-refractivity contribution in [2.45, 2.75) is 44.8 Å². The van der Waals surface area contributed by atoms with Crippen LogP contribution in [0.15, 0.2) is 30.3 Å². The first-order chi connectivity index (χ1) is 10.2. The van der Waals surface area contributed by atoms with E-state index >= 15 is 0 Å². The van der Waals surface area contributed by atoms with Crippen molar-refractivity contribution in [2.75, 3.05) is 13.2 Å². The van der Waals surface area contributed by atoms with E-state index in [0.29, 0.717) is 24.9 Å². The van der Waals surface area contributed by atoms with E-state index < -0.39 is 0 Å². The lowest BCUT2D eigenvalue weighted by atomic mass is 9.80. The minimum absolute atomic E-state index is 0.0323. The summed E-state index contributed by atoms with van der Waals surface area (Å²) < 4.78 is 5.50. The summed E-state index contributed by atoms with van der Waals surface area (Å²) in [6.07, 6.45) is 3.49. The van der Waals surface area contributed by atoms with Crippen LogP contribution in [0.25, 0.3) is 0 Å². The van der Waals surface area contributed by atoms with Crippen LogP contribution >= 0.6 is 0 Å². The van der Waals surface area contributed by atoms with E-state index in [1.54, 1.807) is 0 Å². The van der Waals surface area contributed by atoms with Crippen molar-refractivity contribution in [1.29, 1.82) is 0 Å². The fourth-order valence-electron chi connectivity index (χ4n) is 2.82. The molecule has 1 aliphatic carbocycles. The second-order valence-corrected chi connectivity index (χ2v) is 5.76. The Hall–Kier alpha value is -1.39. The molecule has 21 heavy (non-hydrogen) atoms. The van der Waals surface area contributed by atoms with Gasteiger partial charge in [-0.05, 0) is 37.7 Å². The average Bonchev–Trinajstić information content (AvgIpc) is 2.45. The van der Waals surface area contributed by atoms with Gasteiger partial charge in [-0.2, -0.15) is 0 Å². The number of ether oxygens (including phenoxy) is 1. The zero-order chi connectivity index (χ0) is 15.1. The number of aliphatic hydroxyl groups excluding tert-OH is 1. The molecule has 1 aliphatic rings. The molecule has 0 aromatic heterocycles. The highest BCUT2D eigenvalue weighted by atomic mass is 16.5. The maximum atomic E-state index is 12.0. The number of aliphatic hydroxyl groups is 1. The number of nitrogens with one attached hydrogen (secondary N) is 1. The fourth-order valence-corrected chi connectivity index (χ4v) is 2.82. The predicted octanol–water partition coefficient (Wildman–Crippen LogP) is 1.91. The van der Waals surface area contributed by atoms with E-state index in [-0.39, 0.29) is 18.6 Å². The van der Waals surface area contributed by atoms with Crippen LogP contribution in [0.3, 0.4) is 0 Å². The Kier molecular flexibility index (Phi) is 6.21. The second kappa shape index (κ2) is 8.15. The van der Waals surface area contributed by atoms with E-state index in [2.05, 4.69) is 5.32 Å². The fraction of sp³-hybridized carbons (Fsp3) is 0.588. The van der Waals surface area contributed by atoms with Crippen molar-refractivity contribution in [3.63, 3.8) is 0 Å². The Bertz CT molecular complexity index is 429. The molecule has 2 rings (SSSR count). The summed E-state index contributed by atoms with van der Waals surface area (Å²) in [6.45, 7) is 2.70. The van der Waals surface area contributed by atoms with Crippen molar-refractivity contribution >= 4 is 5.91 Å². The lowest BCUT2D eigenvalue weighted by Crippen LogP contribution is -2.42. The average molecular weight is 291 g/mol. The minimum atomic E-state index is -0.206. The van der Waals surface area contributed by atoms with Crippen LogP contribution in [-0.4, -0.2) is 36.4 Å². The molecule has 0 bridgehead atoms. The molecule has 0 radical (unpaired) electrons. The number of amides is 1. The molecule has 1 fully saturated rings. The Labute approximate surface area is 126 Å². The summed E-state index contributed by atoms with van der Waals surface area (Å²) in [6, 6.07) is 9.70. The number of hydrogen-bond acceptors (Lipinski definition) is 3. The van der Waals surface area contributed by atoms with Gasteiger partial charge in [-0.25, -0.2) is 0 Å². The van der Waals surface area contributed by atoms with Crippen LogP contribution < -0.4 is 5.32 Å². The van der Waals surface area contributed by atoms with Gasteiger partial charge in [-0.15, -0.1) is 0 Å². The molecule has 4 nitrogen and oxygen atoms in total. The largest absolute Gasteiger partial charge is 0.394 e. The summed E-state index contributed by atoms with van der Waals surface area (Å²) in [7, 11) is 0. The van der Waals surface area contributed by atoms with Gasteiger partial charge in [0, 0.05) is 13.0 Å². The Balaban J connectivity index is 1.71. The molecule has 1 amide bonds. The van der Waals surface area contributed by atoms with Gasteiger partial charge < -0.3 is 15.2 Å². The number of carbonyl (C=O) groups excluding carboxylic acids is 1. The molecule has 1 aromatic rings. The highest BCUT2D eigenvalue weighted by Gasteiger charge is 2.31. The van der Waals surface area contributed by atoms with Crippen LogP contribution in [0.5, 0.6) is 0 Å². The van der Waals surface area contributed by atoms with Gasteiger partial charge in [0.15, 0.2) is 0 Å². The normalized spacial score (nSPS) is 22.4. The van der Waals surface area contributed by atoms with E-state index in [1.807, 2.05) is 37.3 Å². The molecule has 0 spiro atoms. The number of benzene rings is 1. The van der Waals surface area contributed by atoms with E-state index in [9.17, 15) is 9.90 Å². The zero-order valence-electron chi connectivity index (χ0n) is 12.6. The summed E-state index contributed by atoms with van der Waals surface area (Å²) in [5.74, 6) is 0.461. The first-order valence-electron chi connectivity index (χ1n) is 7.77. The summed E-state index contributed by atoms with van der Waals surface area (Å²) in [4.78, 5) is 12.0. The Morgan fingerprint density at radius 3 is 2.71 bits per heavy atom. The number of carbonyl (C=O) groups is 1. The van der Waals surface area contributed by atoms with E-state index in [1.165, 1.54) is 0 Å². The van der Waals surface area contributed by atoms with Crippen molar-refractivity contribution in [3.8, 4) is 0 Å². The first-order valence-corrected chi connectivity index (χ1v) is 7.77. The molecule has 0 saturated heterocycles. The third-order valence-corrected chi connectivity index (χ3v) is 3.98. The number of rotatable bonds is 8. The highest BCUT2D eigenvalue weighted by molar-refractivity contribution is 5.76. The maximum Gasteiger partial charge on any atom is 0.220 e. The van der Waals surface area contributed by atoms with Gasteiger partial charge in [-0.1, -0.05) is 30.3 Å². The second-order valence-electron chi connectivity index (χ2n) is 5.76. The summed E-state index contributed by atoms with van der Waals surface area (Å²) >= 11 is 0. The molecule has 2 N–H and O–H groups in total. The van der Waals surface area contributed by atoms with Crippen molar-refractivity contribution in [2.24, 2.45) is 5.92 Å². The quantitative estimate of drug-likeness (QED) is 0.769. The van der Waals surface area contributed by atoms with Crippen LogP contribution in [0.2, 0.25) is 0 Å². The topological polar surface area (TPSA) is 58.6 Å². The predicted molar refractivity (Wildman–Crippen MR) is 81.9 cm³/mol. The van der Waals surface area contributed by atoms with Gasteiger partial charge in [0.05, 0.1) is 18.8 Å². The van der Waals surface area contributed by atoms with Crippen LogP contribution in [0.4, 0.5) is 0 Å². The van der Waals surface area contributed by atoms with E-state index in [0.717, 1.165) is 25.0 Å². The maximum absolute atomic E-state index is 12.0. The molecule has 1 atom stereocenters. The van der Waals surface area contributed by atoms with E-state index in [4.69, 9.17) is 4.74 Å². The molecule has 0 heterocycles. The van der Waals surface area contributed by atoms with Crippen LogP contribution in [0, 0.1) is 5.92 Å². The van der Waals surface area contributed by atoms with Crippen LogP contribution in [0.1, 0.15) is 31.7 Å². The molecule has 0 aliphatic heterocycles. The molecule has 1 saturated carbocycles. The third kappa shape index (κ3) is 5.14. The highest BCUT2D eigenvalue weighted by Crippen LogP contribution is 2.32. The summed E-state index contributed by atoms with van der Waals surface area (Å²) in [5, 5.41) is 12.4. The Morgan fingerprint density at radius 1 is 1.38 bits per heavy atom. The minimum Gasteiger partial charge on any atom is -0.394 e. The lowest BCUT2D eigenvalue weighted by Gasteiger charge is -2.34. The van der Waals surface area contributed by atoms with Gasteiger partial charge in [0.2, 0.25) is 5.91 Å². The van der Waals surface area contributed by atoms with Crippen LogP contribution in [-0.2, 0) is 16.0 Å². The summed E-state index contributed by atoms with van der Waals surface area (Å²) in [5.41, 5.74) is 1.12. The zero-order valence-corrected chi connectivity index (χ0v) is 12.6. The SMILES string of the molecule is CCOC1CC(CC(=O)N[C@@H](CO)Cc2ccccc2)C1. The van der Waals surface area contributed by atoms with Gasteiger partial charge in [-0.3, -0.25) is 4.79 Å².